The van der Waals surface area contributed by atoms with E-state index in [1.54, 1.807) is 35.7 Å². The molecule has 0 fully saturated rings. The van der Waals surface area contributed by atoms with E-state index in [0.717, 1.165) is 17.1 Å². The molecule has 3 rings (SSSR count). The summed E-state index contributed by atoms with van der Waals surface area (Å²) in [5.41, 5.74) is 0.830. The Morgan fingerprint density at radius 2 is 1.75 bits per heavy atom. The normalized spacial score (nSPS) is 12.2. The third-order valence-electron chi connectivity index (χ3n) is 3.78. The summed E-state index contributed by atoms with van der Waals surface area (Å²) in [5, 5.41) is 4.55. The predicted octanol–water partition coefficient (Wildman–Crippen LogP) is 3.75. The quantitative estimate of drug-likeness (QED) is 0.586. The van der Waals surface area contributed by atoms with Crippen LogP contribution in [0.4, 0.5) is 5.69 Å². The van der Waals surface area contributed by atoms with Gasteiger partial charge >= 0.3 is 0 Å². The molecule has 0 aliphatic carbocycles. The van der Waals surface area contributed by atoms with Crippen LogP contribution in [0.15, 0.2) is 76.3 Å². The van der Waals surface area contributed by atoms with E-state index in [0.29, 0.717) is 17.9 Å². The highest BCUT2D eigenvalue weighted by molar-refractivity contribution is 7.94. The van der Waals surface area contributed by atoms with Gasteiger partial charge in [0.05, 0.1) is 6.04 Å². The maximum absolute atomic E-state index is 12.3. The van der Waals surface area contributed by atoms with Crippen molar-refractivity contribution in [1.29, 1.82) is 0 Å². The molecular formula is C20H20N2O4S2. The summed E-state index contributed by atoms with van der Waals surface area (Å²) in [5.74, 6) is 0.489. The van der Waals surface area contributed by atoms with Gasteiger partial charge in [0.1, 0.15) is 16.6 Å². The number of rotatable bonds is 8. The first kappa shape index (κ1) is 19.9. The van der Waals surface area contributed by atoms with Gasteiger partial charge in [-0.2, -0.15) is 0 Å². The maximum atomic E-state index is 12.3. The van der Waals surface area contributed by atoms with Crippen LogP contribution in [0.1, 0.15) is 17.3 Å². The molecule has 0 radical (unpaired) electrons. The molecule has 146 valence electrons. The molecule has 28 heavy (non-hydrogen) atoms. The number of nitrogens with one attached hydrogen (secondary N) is 2. The van der Waals surface area contributed by atoms with Gasteiger partial charge in [-0.3, -0.25) is 9.52 Å². The second kappa shape index (κ2) is 8.90. The van der Waals surface area contributed by atoms with E-state index in [4.69, 9.17) is 4.74 Å². The van der Waals surface area contributed by atoms with Gasteiger partial charge in [-0.1, -0.05) is 24.3 Å². The Bertz CT molecular complexity index is 1000. The summed E-state index contributed by atoms with van der Waals surface area (Å²) in [4.78, 5) is 12.3. The lowest BCUT2D eigenvalue weighted by molar-refractivity contribution is 0.0926. The van der Waals surface area contributed by atoms with Crippen molar-refractivity contribution in [1.82, 2.24) is 5.32 Å². The third-order valence-corrected chi connectivity index (χ3v) is 6.56. The van der Waals surface area contributed by atoms with E-state index in [1.165, 1.54) is 6.07 Å². The summed E-state index contributed by atoms with van der Waals surface area (Å²) in [6.45, 7) is 2.19. The van der Waals surface area contributed by atoms with Crippen molar-refractivity contribution in [3.63, 3.8) is 0 Å². The molecule has 1 aromatic heterocycles. The summed E-state index contributed by atoms with van der Waals surface area (Å²) in [7, 11) is -3.60. The number of sulfonamides is 1. The topological polar surface area (TPSA) is 84.5 Å². The molecule has 8 heteroatoms. The number of thiophene rings is 1. The zero-order valence-corrected chi connectivity index (χ0v) is 16.8. The average Bonchev–Trinajstić information content (AvgIpc) is 3.23. The molecule has 2 aromatic carbocycles. The Hall–Kier alpha value is -2.84. The van der Waals surface area contributed by atoms with Gasteiger partial charge < -0.3 is 10.1 Å². The number of hydrogen-bond donors (Lipinski definition) is 2. The van der Waals surface area contributed by atoms with Crippen LogP contribution in [0.2, 0.25) is 0 Å². The number of hydrogen-bond acceptors (Lipinski definition) is 5. The first-order valence-corrected chi connectivity index (χ1v) is 11.0. The molecule has 1 amide bonds. The van der Waals surface area contributed by atoms with Gasteiger partial charge in [0.25, 0.3) is 15.9 Å². The van der Waals surface area contributed by atoms with E-state index in [1.807, 2.05) is 37.3 Å². The Morgan fingerprint density at radius 3 is 2.39 bits per heavy atom. The van der Waals surface area contributed by atoms with E-state index in [-0.39, 0.29) is 16.2 Å². The predicted molar refractivity (Wildman–Crippen MR) is 110 cm³/mol. The Morgan fingerprint density at radius 1 is 1.04 bits per heavy atom. The average molecular weight is 417 g/mol. The van der Waals surface area contributed by atoms with Gasteiger partial charge in [-0.25, -0.2) is 8.42 Å². The lowest BCUT2D eigenvalue weighted by atomic mass is 10.2. The van der Waals surface area contributed by atoms with Crippen LogP contribution in [0.25, 0.3) is 0 Å². The highest BCUT2D eigenvalue weighted by Gasteiger charge is 2.16. The molecule has 0 saturated heterocycles. The fourth-order valence-corrected chi connectivity index (χ4v) is 4.45. The Balaban J connectivity index is 1.54. The first-order valence-electron chi connectivity index (χ1n) is 8.59. The van der Waals surface area contributed by atoms with Crippen LogP contribution < -0.4 is 14.8 Å². The van der Waals surface area contributed by atoms with E-state index < -0.39 is 10.0 Å². The summed E-state index contributed by atoms with van der Waals surface area (Å²) in [6, 6.07) is 18.7. The van der Waals surface area contributed by atoms with Crippen LogP contribution in [-0.4, -0.2) is 27.0 Å². The second-order valence-electron chi connectivity index (χ2n) is 6.11. The molecule has 0 aliphatic rings. The van der Waals surface area contributed by atoms with E-state index in [9.17, 15) is 13.2 Å². The number of carbonyl (C=O) groups excluding carboxylic acids is 1. The van der Waals surface area contributed by atoms with Crippen LogP contribution in [0.3, 0.4) is 0 Å². The lowest BCUT2D eigenvalue weighted by Crippen LogP contribution is -2.36. The van der Waals surface area contributed by atoms with Crippen molar-refractivity contribution in [2.45, 2.75) is 17.2 Å². The highest BCUT2D eigenvalue weighted by Crippen LogP contribution is 2.20. The monoisotopic (exact) mass is 416 g/mol. The summed E-state index contributed by atoms with van der Waals surface area (Å²) >= 11 is 1.14. The zero-order valence-electron chi connectivity index (χ0n) is 15.2. The van der Waals surface area contributed by atoms with Crippen LogP contribution >= 0.6 is 11.3 Å². The van der Waals surface area contributed by atoms with Crippen molar-refractivity contribution < 1.29 is 17.9 Å². The fraction of sp³-hybridized carbons (Fsp3) is 0.150. The highest BCUT2D eigenvalue weighted by atomic mass is 32.2. The standard InChI is InChI=1S/C20H20N2O4S2/c1-15(14-26-18-6-3-2-4-7-18)21-20(23)16-9-11-17(12-10-16)22-28(24,25)19-8-5-13-27-19/h2-13,15,22H,14H2,1H3,(H,21,23)/t15-/m1/s1. The molecule has 0 aliphatic heterocycles. The molecule has 1 heterocycles. The molecule has 0 spiro atoms. The van der Waals surface area contributed by atoms with Gasteiger partial charge in [0.15, 0.2) is 0 Å². The molecule has 0 saturated carbocycles. The molecule has 6 nitrogen and oxygen atoms in total. The van der Waals surface area contributed by atoms with Gasteiger partial charge in [0.2, 0.25) is 0 Å². The zero-order chi connectivity index (χ0) is 20.0. The maximum Gasteiger partial charge on any atom is 0.271 e. The van der Waals surface area contributed by atoms with Crippen LogP contribution in [0, 0.1) is 0 Å². The molecule has 2 N–H and O–H groups in total. The second-order valence-corrected chi connectivity index (χ2v) is 8.97. The number of carbonyl (C=O) groups is 1. The minimum Gasteiger partial charge on any atom is -0.491 e. The number of amides is 1. The number of anilines is 1. The minimum atomic E-state index is -3.60. The third kappa shape index (κ3) is 5.34. The SMILES string of the molecule is C[C@H](COc1ccccc1)NC(=O)c1ccc(NS(=O)(=O)c2cccs2)cc1. The fourth-order valence-electron chi connectivity index (χ4n) is 2.40. The van der Waals surface area contributed by atoms with Crippen molar-refractivity contribution in [2.75, 3.05) is 11.3 Å². The number of ether oxygens (including phenoxy) is 1. The summed E-state index contributed by atoms with van der Waals surface area (Å²) < 4.78 is 32.8. The van der Waals surface area contributed by atoms with Crippen LogP contribution in [0.5, 0.6) is 5.75 Å². The van der Waals surface area contributed by atoms with E-state index >= 15 is 0 Å². The van der Waals surface area contributed by atoms with E-state index in [2.05, 4.69) is 10.0 Å². The summed E-state index contributed by atoms with van der Waals surface area (Å²) in [6.07, 6.45) is 0. The van der Waals surface area contributed by atoms with Crippen LogP contribution in [-0.2, 0) is 10.0 Å². The largest absolute Gasteiger partial charge is 0.491 e. The molecule has 0 bridgehead atoms. The Labute approximate surface area is 168 Å². The lowest BCUT2D eigenvalue weighted by Gasteiger charge is -2.15. The van der Waals surface area contributed by atoms with Crippen molar-refractivity contribution in [3.8, 4) is 5.75 Å². The van der Waals surface area contributed by atoms with Gasteiger partial charge in [0, 0.05) is 11.3 Å². The van der Waals surface area contributed by atoms with Crippen molar-refractivity contribution in [2.24, 2.45) is 0 Å². The minimum absolute atomic E-state index is 0.190. The molecular weight excluding hydrogens is 396 g/mol. The molecule has 0 unspecified atom stereocenters. The number of para-hydroxylation sites is 1. The van der Waals surface area contributed by atoms with Gasteiger partial charge in [-0.05, 0) is 54.8 Å². The van der Waals surface area contributed by atoms with Gasteiger partial charge in [-0.15, -0.1) is 11.3 Å². The Kier molecular flexibility index (Phi) is 6.33. The van der Waals surface area contributed by atoms with Crippen molar-refractivity contribution in [3.05, 3.63) is 77.7 Å². The van der Waals surface area contributed by atoms with Crippen molar-refractivity contribution >= 4 is 33.0 Å². The first-order chi connectivity index (χ1) is 13.4. The number of benzene rings is 2. The smallest absolute Gasteiger partial charge is 0.271 e. The molecule has 3 aromatic rings. The molecule has 1 atom stereocenters.